The number of carbonyl (C=O) groups excluding carboxylic acids is 1. The maximum atomic E-state index is 11.2. The van der Waals surface area contributed by atoms with Crippen LogP contribution in [0.4, 0.5) is 0 Å². The van der Waals surface area contributed by atoms with Crippen molar-refractivity contribution in [2.45, 2.75) is 33.0 Å². The fraction of sp³-hybridized carbons (Fsp3) is 0.500. The fourth-order valence-corrected chi connectivity index (χ4v) is 1.68. The predicted octanol–water partition coefficient (Wildman–Crippen LogP) is 2.79. The third-order valence-electron chi connectivity index (χ3n) is 2.67. The minimum absolute atomic E-state index is 0.0457. The van der Waals surface area contributed by atoms with E-state index >= 15 is 0 Å². The molecule has 0 radical (unpaired) electrons. The Morgan fingerprint density at radius 1 is 1.24 bits per heavy atom. The van der Waals surface area contributed by atoms with Crippen LogP contribution < -0.4 is 0 Å². The summed E-state index contributed by atoms with van der Waals surface area (Å²) in [5.41, 5.74) is 1.14. The van der Waals surface area contributed by atoms with Gasteiger partial charge in [0.1, 0.15) is 0 Å². The van der Waals surface area contributed by atoms with Crippen molar-refractivity contribution < 1.29 is 14.3 Å². The SMILES string of the molecule is COC(=O)[C@@H](C)C[C@H](C)OCc1ccccc1. The summed E-state index contributed by atoms with van der Waals surface area (Å²) in [6, 6.07) is 10.0. The molecule has 3 nitrogen and oxygen atoms in total. The van der Waals surface area contributed by atoms with Gasteiger partial charge in [-0.25, -0.2) is 0 Å². The van der Waals surface area contributed by atoms with Crippen LogP contribution in [0.1, 0.15) is 25.8 Å². The molecule has 0 aliphatic heterocycles. The van der Waals surface area contributed by atoms with Crippen molar-refractivity contribution in [1.29, 1.82) is 0 Å². The van der Waals surface area contributed by atoms with Crippen LogP contribution in [0.15, 0.2) is 30.3 Å². The Balaban J connectivity index is 2.30. The van der Waals surface area contributed by atoms with Gasteiger partial charge in [0.25, 0.3) is 0 Å². The molecule has 1 aromatic rings. The van der Waals surface area contributed by atoms with Gasteiger partial charge in [0.15, 0.2) is 0 Å². The van der Waals surface area contributed by atoms with E-state index < -0.39 is 0 Å². The average molecular weight is 236 g/mol. The summed E-state index contributed by atoms with van der Waals surface area (Å²) in [5, 5.41) is 0. The average Bonchev–Trinajstić information content (AvgIpc) is 2.36. The highest BCUT2D eigenvalue weighted by Gasteiger charge is 2.16. The van der Waals surface area contributed by atoms with E-state index in [1.54, 1.807) is 0 Å². The summed E-state index contributed by atoms with van der Waals surface area (Å²) < 4.78 is 10.4. The second kappa shape index (κ2) is 7.07. The molecule has 0 aromatic heterocycles. The number of esters is 1. The smallest absolute Gasteiger partial charge is 0.308 e. The van der Waals surface area contributed by atoms with E-state index in [2.05, 4.69) is 4.74 Å². The summed E-state index contributed by atoms with van der Waals surface area (Å²) in [4.78, 5) is 11.2. The van der Waals surface area contributed by atoms with Gasteiger partial charge in [-0.3, -0.25) is 4.79 Å². The van der Waals surface area contributed by atoms with Crippen molar-refractivity contribution in [3.05, 3.63) is 35.9 Å². The number of methoxy groups -OCH3 is 1. The maximum absolute atomic E-state index is 11.2. The summed E-state index contributed by atoms with van der Waals surface area (Å²) in [5.74, 6) is -0.300. The number of benzene rings is 1. The van der Waals surface area contributed by atoms with Crippen LogP contribution in [-0.2, 0) is 20.9 Å². The Bertz CT molecular complexity index is 335. The minimum atomic E-state index is -0.180. The van der Waals surface area contributed by atoms with E-state index in [1.807, 2.05) is 44.2 Å². The van der Waals surface area contributed by atoms with Gasteiger partial charge >= 0.3 is 5.97 Å². The van der Waals surface area contributed by atoms with Crippen molar-refractivity contribution >= 4 is 5.97 Å². The molecule has 1 aromatic carbocycles. The van der Waals surface area contributed by atoms with Crippen LogP contribution >= 0.6 is 0 Å². The molecule has 0 amide bonds. The molecule has 0 saturated carbocycles. The normalized spacial score (nSPS) is 14.1. The zero-order valence-electron chi connectivity index (χ0n) is 10.7. The van der Waals surface area contributed by atoms with Crippen molar-refractivity contribution in [3.63, 3.8) is 0 Å². The summed E-state index contributed by atoms with van der Waals surface area (Å²) in [7, 11) is 1.41. The third kappa shape index (κ3) is 5.00. The minimum Gasteiger partial charge on any atom is -0.469 e. The predicted molar refractivity (Wildman–Crippen MR) is 66.5 cm³/mol. The van der Waals surface area contributed by atoms with Gasteiger partial charge in [0.2, 0.25) is 0 Å². The lowest BCUT2D eigenvalue weighted by Crippen LogP contribution is -2.19. The fourth-order valence-electron chi connectivity index (χ4n) is 1.68. The molecule has 2 atom stereocenters. The first-order valence-corrected chi connectivity index (χ1v) is 5.86. The zero-order chi connectivity index (χ0) is 12.7. The van der Waals surface area contributed by atoms with Crippen LogP contribution in [0.25, 0.3) is 0 Å². The summed E-state index contributed by atoms with van der Waals surface area (Å²) in [6.07, 6.45) is 0.726. The van der Waals surface area contributed by atoms with Crippen molar-refractivity contribution in [1.82, 2.24) is 0 Å². The maximum Gasteiger partial charge on any atom is 0.308 e. The molecule has 0 spiro atoms. The van der Waals surface area contributed by atoms with Gasteiger partial charge in [0, 0.05) is 0 Å². The largest absolute Gasteiger partial charge is 0.469 e. The molecule has 94 valence electrons. The Hall–Kier alpha value is -1.35. The Kier molecular flexibility index (Phi) is 5.70. The van der Waals surface area contributed by atoms with E-state index in [0.717, 1.165) is 5.56 Å². The van der Waals surface area contributed by atoms with Gasteiger partial charge in [-0.1, -0.05) is 37.3 Å². The molecular formula is C14H20O3. The Labute approximate surface area is 103 Å². The van der Waals surface area contributed by atoms with E-state index in [4.69, 9.17) is 4.74 Å². The number of ether oxygens (including phenoxy) is 2. The monoisotopic (exact) mass is 236 g/mol. The lowest BCUT2D eigenvalue weighted by Gasteiger charge is -2.16. The van der Waals surface area contributed by atoms with Crippen molar-refractivity contribution in [2.75, 3.05) is 7.11 Å². The first-order valence-electron chi connectivity index (χ1n) is 5.86. The topological polar surface area (TPSA) is 35.5 Å². The second-order valence-electron chi connectivity index (χ2n) is 4.27. The van der Waals surface area contributed by atoms with Crippen molar-refractivity contribution in [2.24, 2.45) is 5.92 Å². The summed E-state index contributed by atoms with van der Waals surface area (Å²) >= 11 is 0. The van der Waals surface area contributed by atoms with Crippen LogP contribution in [0, 0.1) is 5.92 Å². The van der Waals surface area contributed by atoms with E-state index in [1.165, 1.54) is 7.11 Å². The highest BCUT2D eigenvalue weighted by Crippen LogP contribution is 2.12. The van der Waals surface area contributed by atoms with Gasteiger partial charge in [-0.05, 0) is 18.9 Å². The van der Waals surface area contributed by atoms with Crippen molar-refractivity contribution in [3.8, 4) is 0 Å². The zero-order valence-corrected chi connectivity index (χ0v) is 10.7. The van der Waals surface area contributed by atoms with Crippen LogP contribution in [0.3, 0.4) is 0 Å². The molecule has 0 N–H and O–H groups in total. The lowest BCUT2D eigenvalue weighted by atomic mass is 10.1. The Morgan fingerprint density at radius 2 is 1.88 bits per heavy atom. The molecule has 17 heavy (non-hydrogen) atoms. The van der Waals surface area contributed by atoms with Crippen LogP contribution in [0.5, 0.6) is 0 Å². The lowest BCUT2D eigenvalue weighted by molar-refractivity contribution is -0.146. The molecule has 0 fully saturated rings. The van der Waals surface area contributed by atoms with E-state index in [9.17, 15) is 4.79 Å². The van der Waals surface area contributed by atoms with Gasteiger partial charge < -0.3 is 9.47 Å². The Morgan fingerprint density at radius 3 is 2.47 bits per heavy atom. The first kappa shape index (κ1) is 13.7. The number of carbonyl (C=O) groups is 1. The number of hydrogen-bond acceptors (Lipinski definition) is 3. The highest BCUT2D eigenvalue weighted by molar-refractivity contribution is 5.71. The summed E-state index contributed by atoms with van der Waals surface area (Å²) in [6.45, 7) is 4.41. The standard InChI is InChI=1S/C14H20O3/c1-11(14(15)16-3)9-12(2)17-10-13-7-5-4-6-8-13/h4-8,11-12H,9-10H2,1-3H3/t11-,12-/m0/s1. The van der Waals surface area contributed by atoms with Crippen LogP contribution in [0.2, 0.25) is 0 Å². The second-order valence-corrected chi connectivity index (χ2v) is 4.27. The quantitative estimate of drug-likeness (QED) is 0.712. The van der Waals surface area contributed by atoms with E-state index in [-0.39, 0.29) is 18.0 Å². The molecule has 0 saturated heterocycles. The molecular weight excluding hydrogens is 216 g/mol. The molecule has 1 rings (SSSR count). The molecule has 0 bridgehead atoms. The number of hydrogen-bond donors (Lipinski definition) is 0. The molecule has 3 heteroatoms. The van der Waals surface area contributed by atoms with Gasteiger partial charge in [-0.15, -0.1) is 0 Å². The molecule has 0 unspecified atom stereocenters. The first-order chi connectivity index (χ1) is 8.13. The van der Waals surface area contributed by atoms with Crippen LogP contribution in [-0.4, -0.2) is 19.2 Å². The molecule has 0 heterocycles. The number of rotatable bonds is 6. The van der Waals surface area contributed by atoms with E-state index in [0.29, 0.717) is 13.0 Å². The molecule has 0 aliphatic carbocycles. The highest BCUT2D eigenvalue weighted by atomic mass is 16.5. The van der Waals surface area contributed by atoms with Gasteiger partial charge in [-0.2, -0.15) is 0 Å². The third-order valence-corrected chi connectivity index (χ3v) is 2.67. The van der Waals surface area contributed by atoms with Gasteiger partial charge in [0.05, 0.1) is 25.7 Å². The molecule has 0 aliphatic rings.